The maximum Gasteiger partial charge on any atom is 0.220 e. The van der Waals surface area contributed by atoms with Crippen LogP contribution in [-0.4, -0.2) is 193 Å². The van der Waals surface area contributed by atoms with E-state index in [0.29, 0.717) is 12.8 Å². The number of hydrogen-bond acceptors (Lipinski definition) is 18. The van der Waals surface area contributed by atoms with E-state index in [1.54, 1.807) is 0 Å². The van der Waals surface area contributed by atoms with Gasteiger partial charge in [0.05, 0.1) is 38.6 Å². The first-order valence-corrected chi connectivity index (χ1v) is 39.2. The summed E-state index contributed by atoms with van der Waals surface area (Å²) in [4.78, 5) is 13.5. The Balaban J connectivity index is 1.39. The molecule has 570 valence electrons. The molecule has 0 radical (unpaired) electrons. The second-order valence-corrected chi connectivity index (χ2v) is 27.8. The van der Waals surface area contributed by atoms with Gasteiger partial charge in [0.2, 0.25) is 5.91 Å². The second-order valence-electron chi connectivity index (χ2n) is 27.8. The number of hydrogen-bond donors (Lipinski definition) is 12. The van der Waals surface area contributed by atoms with Crippen molar-refractivity contribution in [1.82, 2.24) is 5.32 Å². The van der Waals surface area contributed by atoms with Crippen LogP contribution in [-0.2, 0) is 33.2 Å². The average Bonchev–Trinajstić information content (AvgIpc) is 0.784. The van der Waals surface area contributed by atoms with Crippen molar-refractivity contribution >= 4 is 5.91 Å². The summed E-state index contributed by atoms with van der Waals surface area (Å²) in [5.41, 5.74) is 0. The Kier molecular flexibility index (Phi) is 54.4. The third kappa shape index (κ3) is 39.8. The van der Waals surface area contributed by atoms with Crippen LogP contribution in [0.2, 0.25) is 0 Å². The predicted molar refractivity (Wildman–Crippen MR) is 388 cm³/mol. The molecule has 19 nitrogen and oxygen atoms in total. The minimum absolute atomic E-state index is 0.247. The number of aliphatic hydroxyl groups excluding tert-OH is 11. The molecule has 0 aromatic carbocycles. The molecule has 3 rings (SSSR count). The second kappa shape index (κ2) is 59.6. The van der Waals surface area contributed by atoms with Crippen molar-refractivity contribution in [3.63, 3.8) is 0 Å². The first-order valence-electron chi connectivity index (χ1n) is 39.2. The zero-order valence-corrected chi connectivity index (χ0v) is 60.8. The summed E-state index contributed by atoms with van der Waals surface area (Å²) in [7, 11) is 0. The van der Waals surface area contributed by atoms with E-state index in [0.717, 1.165) is 96.3 Å². The molecule has 17 atom stereocenters. The van der Waals surface area contributed by atoms with Crippen molar-refractivity contribution in [2.75, 3.05) is 26.4 Å². The number of nitrogens with one attached hydrogen (secondary N) is 1. The fourth-order valence-electron chi connectivity index (χ4n) is 13.0. The zero-order chi connectivity index (χ0) is 71.1. The number of unbranched alkanes of at least 4 members (excludes halogenated alkanes) is 33. The summed E-state index contributed by atoms with van der Waals surface area (Å²) >= 11 is 0. The van der Waals surface area contributed by atoms with E-state index in [4.69, 9.17) is 28.4 Å². The summed E-state index contributed by atoms with van der Waals surface area (Å²) < 4.78 is 34.5. The van der Waals surface area contributed by atoms with Crippen LogP contribution in [0, 0.1) is 0 Å². The quantitative estimate of drug-likeness (QED) is 0.0199. The number of ether oxygens (including phenoxy) is 6. The third-order valence-corrected chi connectivity index (χ3v) is 19.3. The Bertz CT molecular complexity index is 2050. The van der Waals surface area contributed by atoms with Crippen LogP contribution in [0.4, 0.5) is 0 Å². The molecule has 0 aromatic heterocycles. The molecule has 3 fully saturated rings. The third-order valence-electron chi connectivity index (χ3n) is 19.3. The van der Waals surface area contributed by atoms with Crippen molar-refractivity contribution in [3.05, 3.63) is 72.9 Å². The van der Waals surface area contributed by atoms with E-state index in [1.807, 2.05) is 0 Å². The van der Waals surface area contributed by atoms with Crippen molar-refractivity contribution in [3.8, 4) is 0 Å². The van der Waals surface area contributed by atoms with E-state index in [2.05, 4.69) is 92.1 Å². The summed E-state index contributed by atoms with van der Waals surface area (Å²) in [5, 5.41) is 121. The fourth-order valence-corrected chi connectivity index (χ4v) is 13.0. The molecule has 0 aliphatic carbocycles. The van der Waals surface area contributed by atoms with Gasteiger partial charge >= 0.3 is 0 Å². The first-order chi connectivity index (χ1) is 47.8. The van der Waals surface area contributed by atoms with Crippen LogP contribution >= 0.6 is 0 Å². The van der Waals surface area contributed by atoms with Crippen molar-refractivity contribution in [2.45, 2.75) is 394 Å². The fraction of sp³-hybridized carbons (Fsp3) is 0.835. The topological polar surface area (TPSA) is 307 Å². The molecule has 3 saturated heterocycles. The number of amides is 1. The lowest BCUT2D eigenvalue weighted by atomic mass is 9.96. The molecule has 17 unspecified atom stereocenters. The monoisotopic (exact) mass is 1390 g/mol. The molecular formula is C79H141NO18. The molecule has 0 saturated carbocycles. The minimum atomic E-state index is -1.98. The number of rotatable bonds is 61. The molecule has 1 amide bonds. The SMILES string of the molecule is CC/C=C\C/C=C\C/C=C\C/C=C\C/C=C\C/C=C\CCCCCCCCCCCCC(=O)NC(COC1OC(CO)C(OC2OC(CO)C(OC3OC(CO)C(O)C(O)C3O)C(O)C2O)C(O)C1O)C(O)CCCCCCCCCCCCCCCCCCCCCCCCCC. The Morgan fingerprint density at radius 2 is 0.704 bits per heavy atom. The van der Waals surface area contributed by atoms with Gasteiger partial charge in [-0.2, -0.15) is 0 Å². The number of allylic oxidation sites excluding steroid dienone is 12. The molecule has 12 N–H and O–H groups in total. The molecule has 19 heteroatoms. The van der Waals surface area contributed by atoms with E-state index >= 15 is 0 Å². The van der Waals surface area contributed by atoms with Gasteiger partial charge in [-0.25, -0.2) is 0 Å². The number of carbonyl (C=O) groups is 1. The van der Waals surface area contributed by atoms with Gasteiger partial charge in [-0.15, -0.1) is 0 Å². The Labute approximate surface area is 591 Å². The lowest BCUT2D eigenvalue weighted by Crippen LogP contribution is -2.66. The van der Waals surface area contributed by atoms with Crippen LogP contribution in [0.1, 0.15) is 290 Å². The van der Waals surface area contributed by atoms with Crippen molar-refractivity contribution in [1.29, 1.82) is 0 Å². The maximum absolute atomic E-state index is 13.5. The molecule has 3 aliphatic rings. The molecule has 0 bridgehead atoms. The highest BCUT2D eigenvalue weighted by molar-refractivity contribution is 5.76. The standard InChI is InChI=1S/C79H141NO18/c1-3-5-7-9-11-13-15-17-19-21-23-25-27-29-30-31-32-33-35-37-39-41-43-45-47-49-51-53-55-57-67(85)80-62(63(84)56-54-52-50-48-46-44-42-40-38-36-34-28-26-24-22-20-18-16-14-12-10-8-6-4-2)61-93-77-73(91)70(88)75(65(59-82)95-77)98-79-74(92)71(89)76(66(60-83)96-79)97-78-72(90)69(87)68(86)64(58-81)94-78/h5,7,11,13,17,19,23,25,29-30,32-33,62-66,68-79,81-84,86-92H,3-4,6,8-10,12,14-16,18,20-22,24,26-28,31,34-61H2,1-2H3,(H,80,85)/b7-5-,13-11-,19-17-,25-23-,30-29-,33-32-. The Morgan fingerprint density at radius 3 is 1.10 bits per heavy atom. The van der Waals surface area contributed by atoms with Gasteiger partial charge in [0.25, 0.3) is 0 Å². The van der Waals surface area contributed by atoms with Gasteiger partial charge in [-0.3, -0.25) is 4.79 Å². The van der Waals surface area contributed by atoms with E-state index in [9.17, 15) is 61.0 Å². The number of carbonyl (C=O) groups excluding carboxylic acids is 1. The van der Waals surface area contributed by atoms with Gasteiger partial charge in [0.15, 0.2) is 18.9 Å². The van der Waals surface area contributed by atoms with E-state index in [1.165, 1.54) is 161 Å². The Morgan fingerprint density at radius 1 is 0.378 bits per heavy atom. The highest BCUT2D eigenvalue weighted by atomic mass is 16.8. The summed E-state index contributed by atoms with van der Waals surface area (Å²) in [6.07, 6.45) is 49.7. The Hall–Kier alpha value is -2.77. The highest BCUT2D eigenvalue weighted by Crippen LogP contribution is 2.33. The molecular weight excluding hydrogens is 1250 g/mol. The van der Waals surface area contributed by atoms with Crippen LogP contribution in [0.15, 0.2) is 72.9 Å². The van der Waals surface area contributed by atoms with Gasteiger partial charge in [-0.05, 0) is 64.2 Å². The highest BCUT2D eigenvalue weighted by Gasteiger charge is 2.54. The molecule has 3 heterocycles. The lowest BCUT2D eigenvalue weighted by molar-refractivity contribution is -0.379. The van der Waals surface area contributed by atoms with E-state index < -0.39 is 124 Å². The van der Waals surface area contributed by atoms with Gasteiger partial charge in [0, 0.05) is 6.42 Å². The predicted octanol–water partition coefficient (Wildman–Crippen LogP) is 12.4. The van der Waals surface area contributed by atoms with Gasteiger partial charge < -0.3 is 89.9 Å². The molecule has 0 aromatic rings. The first kappa shape index (κ1) is 89.4. The number of aliphatic hydroxyl groups is 11. The molecule has 98 heavy (non-hydrogen) atoms. The van der Waals surface area contributed by atoms with Crippen LogP contribution in [0.25, 0.3) is 0 Å². The summed E-state index contributed by atoms with van der Waals surface area (Å²) in [6, 6.07) is -0.895. The van der Waals surface area contributed by atoms with Crippen molar-refractivity contribution < 1.29 is 89.4 Å². The summed E-state index contributed by atoms with van der Waals surface area (Å²) in [6.45, 7) is 1.71. The van der Waals surface area contributed by atoms with Crippen LogP contribution in [0.3, 0.4) is 0 Å². The van der Waals surface area contributed by atoms with E-state index in [-0.39, 0.29) is 18.9 Å². The van der Waals surface area contributed by atoms with Crippen LogP contribution < -0.4 is 5.32 Å². The maximum atomic E-state index is 13.5. The van der Waals surface area contributed by atoms with Gasteiger partial charge in [0.1, 0.15) is 73.2 Å². The van der Waals surface area contributed by atoms with Crippen molar-refractivity contribution in [2.24, 2.45) is 0 Å². The summed E-state index contributed by atoms with van der Waals surface area (Å²) in [5.74, 6) is -0.247. The molecule has 0 spiro atoms. The average molecular weight is 1390 g/mol. The van der Waals surface area contributed by atoms with Crippen LogP contribution in [0.5, 0.6) is 0 Å². The lowest BCUT2D eigenvalue weighted by Gasteiger charge is -2.48. The normalized spacial score (nSPS) is 27.1. The minimum Gasteiger partial charge on any atom is -0.394 e. The van der Waals surface area contributed by atoms with Gasteiger partial charge in [-0.1, -0.05) is 292 Å². The largest absolute Gasteiger partial charge is 0.394 e. The molecule has 3 aliphatic heterocycles. The zero-order valence-electron chi connectivity index (χ0n) is 60.8. The smallest absolute Gasteiger partial charge is 0.220 e.